The standard InChI is InChI=1S/C29H34N2O7S/c1-39(33,34)31-29(32)30-25-20-36-26(21-35-17-22-11-5-2-6-12-22)28(38-19-24-15-9-4-10-16-24)27(25)37-18-23-13-7-3-8-14-23/h2-16,25-28H,17-21H2,1H3,(H2,30,31,32). The predicted molar refractivity (Wildman–Crippen MR) is 146 cm³/mol. The Kier molecular flexibility index (Phi) is 10.5. The first-order chi connectivity index (χ1) is 18.9. The van der Waals surface area contributed by atoms with Gasteiger partial charge in [-0.15, -0.1) is 0 Å². The van der Waals surface area contributed by atoms with Crippen LogP contribution in [-0.4, -0.2) is 58.3 Å². The van der Waals surface area contributed by atoms with E-state index in [0.717, 1.165) is 22.9 Å². The second kappa shape index (κ2) is 14.2. The van der Waals surface area contributed by atoms with Crippen LogP contribution in [0.5, 0.6) is 0 Å². The molecule has 0 radical (unpaired) electrons. The highest BCUT2D eigenvalue weighted by atomic mass is 32.2. The van der Waals surface area contributed by atoms with E-state index < -0.39 is 40.4 Å². The van der Waals surface area contributed by atoms with Crippen molar-refractivity contribution in [2.75, 3.05) is 19.5 Å². The molecule has 3 aromatic carbocycles. The van der Waals surface area contributed by atoms with Gasteiger partial charge in [-0.2, -0.15) is 0 Å². The number of nitrogens with one attached hydrogen (secondary N) is 2. The zero-order valence-electron chi connectivity index (χ0n) is 21.8. The Morgan fingerprint density at radius 2 is 1.28 bits per heavy atom. The zero-order chi connectivity index (χ0) is 27.5. The number of hydrogen-bond donors (Lipinski definition) is 2. The molecule has 0 spiro atoms. The minimum atomic E-state index is -3.75. The summed E-state index contributed by atoms with van der Waals surface area (Å²) in [6.45, 7) is 1.28. The van der Waals surface area contributed by atoms with Gasteiger partial charge in [-0.1, -0.05) is 91.0 Å². The van der Waals surface area contributed by atoms with E-state index in [0.29, 0.717) is 6.61 Å². The lowest BCUT2D eigenvalue weighted by molar-refractivity contribution is -0.207. The molecule has 9 nitrogen and oxygen atoms in total. The third-order valence-corrected chi connectivity index (χ3v) is 6.69. The number of amides is 2. The summed E-state index contributed by atoms with van der Waals surface area (Å²) < 4.78 is 50.0. The summed E-state index contributed by atoms with van der Waals surface area (Å²) in [4.78, 5) is 12.5. The fourth-order valence-electron chi connectivity index (χ4n) is 4.30. The highest BCUT2D eigenvalue weighted by Gasteiger charge is 2.43. The van der Waals surface area contributed by atoms with Gasteiger partial charge in [0.2, 0.25) is 10.0 Å². The molecule has 2 N–H and O–H groups in total. The number of carbonyl (C=O) groups excluding carboxylic acids is 1. The van der Waals surface area contributed by atoms with Crippen molar-refractivity contribution in [3.05, 3.63) is 108 Å². The quantitative estimate of drug-likeness (QED) is 0.353. The normalized spacial score (nSPS) is 21.3. The lowest BCUT2D eigenvalue weighted by Crippen LogP contribution is -2.62. The van der Waals surface area contributed by atoms with Gasteiger partial charge in [0.05, 0.1) is 45.3 Å². The van der Waals surface area contributed by atoms with Crippen LogP contribution in [0.25, 0.3) is 0 Å². The summed E-state index contributed by atoms with van der Waals surface area (Å²) in [6, 6.07) is 27.6. The van der Waals surface area contributed by atoms with E-state index in [1.807, 2.05) is 95.7 Å². The average Bonchev–Trinajstić information content (AvgIpc) is 2.92. The Labute approximate surface area is 229 Å². The molecule has 0 bridgehead atoms. The second-order valence-electron chi connectivity index (χ2n) is 9.35. The molecule has 208 valence electrons. The Bertz CT molecular complexity index is 1260. The molecule has 1 aliphatic rings. The number of urea groups is 1. The highest BCUT2D eigenvalue weighted by Crippen LogP contribution is 2.25. The first kappa shape index (κ1) is 28.7. The van der Waals surface area contributed by atoms with Gasteiger partial charge in [0.15, 0.2) is 0 Å². The van der Waals surface area contributed by atoms with Crippen molar-refractivity contribution in [1.29, 1.82) is 0 Å². The fraction of sp³-hybridized carbons (Fsp3) is 0.345. The molecule has 4 unspecified atom stereocenters. The lowest BCUT2D eigenvalue weighted by atomic mass is 9.97. The fourth-order valence-corrected chi connectivity index (χ4v) is 4.70. The van der Waals surface area contributed by atoms with Crippen LogP contribution in [0.15, 0.2) is 91.0 Å². The minimum Gasteiger partial charge on any atom is -0.374 e. The van der Waals surface area contributed by atoms with Crippen LogP contribution in [0.3, 0.4) is 0 Å². The summed E-state index contributed by atoms with van der Waals surface area (Å²) in [5, 5.41) is 2.69. The lowest BCUT2D eigenvalue weighted by Gasteiger charge is -2.42. The molecule has 1 heterocycles. The van der Waals surface area contributed by atoms with Crippen molar-refractivity contribution < 1.29 is 32.2 Å². The SMILES string of the molecule is CS(=O)(=O)NC(=O)NC1COC(COCc2ccccc2)C(OCc2ccccc2)C1OCc1ccccc1. The molecular weight excluding hydrogens is 520 g/mol. The molecule has 10 heteroatoms. The van der Waals surface area contributed by atoms with Crippen LogP contribution in [0.1, 0.15) is 16.7 Å². The Balaban J connectivity index is 1.53. The smallest absolute Gasteiger partial charge is 0.328 e. The maximum Gasteiger partial charge on any atom is 0.328 e. The van der Waals surface area contributed by atoms with Crippen LogP contribution in [-0.2, 0) is 48.8 Å². The molecule has 0 aliphatic carbocycles. The van der Waals surface area contributed by atoms with E-state index in [9.17, 15) is 13.2 Å². The molecule has 0 saturated carbocycles. The molecule has 39 heavy (non-hydrogen) atoms. The molecule has 2 amide bonds. The number of rotatable bonds is 12. The van der Waals surface area contributed by atoms with E-state index in [4.69, 9.17) is 18.9 Å². The first-order valence-corrected chi connectivity index (χ1v) is 14.6. The van der Waals surface area contributed by atoms with Crippen molar-refractivity contribution in [3.63, 3.8) is 0 Å². The van der Waals surface area contributed by atoms with E-state index in [1.54, 1.807) is 0 Å². The maximum atomic E-state index is 12.5. The van der Waals surface area contributed by atoms with Gasteiger partial charge in [-0.05, 0) is 16.7 Å². The molecule has 1 saturated heterocycles. The summed E-state index contributed by atoms with van der Waals surface area (Å²) in [5.74, 6) is 0. The van der Waals surface area contributed by atoms with Gasteiger partial charge in [0, 0.05) is 0 Å². The number of carbonyl (C=O) groups is 1. The average molecular weight is 555 g/mol. The maximum absolute atomic E-state index is 12.5. The van der Waals surface area contributed by atoms with Crippen LogP contribution in [0.4, 0.5) is 4.79 Å². The Hall–Kier alpha value is -3.28. The van der Waals surface area contributed by atoms with Crippen molar-refractivity contribution in [1.82, 2.24) is 10.0 Å². The summed E-state index contributed by atoms with van der Waals surface area (Å²) in [6.07, 6.45) is -0.853. The summed E-state index contributed by atoms with van der Waals surface area (Å²) >= 11 is 0. The van der Waals surface area contributed by atoms with E-state index >= 15 is 0 Å². The molecular formula is C29H34N2O7S. The predicted octanol–water partition coefficient (Wildman–Crippen LogP) is 3.40. The van der Waals surface area contributed by atoms with Crippen LogP contribution >= 0.6 is 0 Å². The summed E-state index contributed by atoms with van der Waals surface area (Å²) in [5.41, 5.74) is 2.94. The van der Waals surface area contributed by atoms with Crippen molar-refractivity contribution in [2.45, 2.75) is 44.2 Å². The third-order valence-electron chi connectivity index (χ3n) is 6.14. The summed E-state index contributed by atoms with van der Waals surface area (Å²) in [7, 11) is -3.75. The van der Waals surface area contributed by atoms with Gasteiger partial charge in [0.25, 0.3) is 0 Å². The third kappa shape index (κ3) is 9.45. The van der Waals surface area contributed by atoms with Crippen LogP contribution < -0.4 is 10.0 Å². The van der Waals surface area contributed by atoms with Crippen LogP contribution in [0.2, 0.25) is 0 Å². The van der Waals surface area contributed by atoms with Gasteiger partial charge >= 0.3 is 6.03 Å². The van der Waals surface area contributed by atoms with Gasteiger partial charge in [0.1, 0.15) is 18.3 Å². The number of hydrogen-bond acceptors (Lipinski definition) is 7. The van der Waals surface area contributed by atoms with E-state index in [2.05, 4.69) is 5.32 Å². The first-order valence-electron chi connectivity index (χ1n) is 12.7. The van der Waals surface area contributed by atoms with Crippen LogP contribution in [0, 0.1) is 0 Å². The van der Waals surface area contributed by atoms with Crippen molar-refractivity contribution >= 4 is 16.1 Å². The number of sulfonamides is 1. The van der Waals surface area contributed by atoms with Gasteiger partial charge < -0.3 is 24.3 Å². The number of benzene rings is 3. The largest absolute Gasteiger partial charge is 0.374 e. The number of ether oxygens (including phenoxy) is 4. The van der Waals surface area contributed by atoms with Gasteiger partial charge in [-0.25, -0.2) is 17.9 Å². The Morgan fingerprint density at radius 3 is 1.79 bits per heavy atom. The molecule has 0 aromatic heterocycles. The van der Waals surface area contributed by atoms with Gasteiger partial charge in [-0.3, -0.25) is 0 Å². The molecule has 4 atom stereocenters. The van der Waals surface area contributed by atoms with Crippen molar-refractivity contribution in [2.24, 2.45) is 0 Å². The zero-order valence-corrected chi connectivity index (χ0v) is 22.6. The van der Waals surface area contributed by atoms with E-state index in [1.165, 1.54) is 0 Å². The highest BCUT2D eigenvalue weighted by molar-refractivity contribution is 7.89. The minimum absolute atomic E-state index is 0.0845. The van der Waals surface area contributed by atoms with Crippen molar-refractivity contribution in [3.8, 4) is 0 Å². The second-order valence-corrected chi connectivity index (χ2v) is 11.1. The monoisotopic (exact) mass is 554 g/mol. The molecule has 1 fully saturated rings. The molecule has 1 aliphatic heterocycles. The Morgan fingerprint density at radius 1 is 0.795 bits per heavy atom. The van der Waals surface area contributed by atoms with E-state index in [-0.39, 0.29) is 26.4 Å². The molecule has 4 rings (SSSR count). The molecule has 3 aromatic rings. The topological polar surface area (TPSA) is 112 Å².